The van der Waals surface area contributed by atoms with Gasteiger partial charge in [-0.25, -0.2) is 15.0 Å². The molecule has 0 saturated heterocycles. The van der Waals surface area contributed by atoms with Crippen LogP contribution in [0.1, 0.15) is 25.3 Å². The van der Waals surface area contributed by atoms with E-state index in [1.807, 2.05) is 6.33 Å². The fraction of sp³-hybridized carbons (Fsp3) is 0.583. The SMILES string of the molecule is Nc1ncnc2c1ncn2[C@H]1CC2(CO)CC1C2. The summed E-state index contributed by atoms with van der Waals surface area (Å²) in [6.07, 6.45) is 6.55. The van der Waals surface area contributed by atoms with E-state index in [0.29, 0.717) is 29.9 Å². The van der Waals surface area contributed by atoms with E-state index in [-0.39, 0.29) is 5.41 Å². The van der Waals surface area contributed by atoms with Crippen LogP contribution in [0.2, 0.25) is 0 Å². The molecule has 6 heteroatoms. The van der Waals surface area contributed by atoms with Crippen molar-refractivity contribution in [3.8, 4) is 0 Å². The van der Waals surface area contributed by atoms with Crippen molar-refractivity contribution in [2.45, 2.75) is 25.3 Å². The summed E-state index contributed by atoms with van der Waals surface area (Å²) in [5.74, 6) is 1.08. The molecule has 0 radical (unpaired) electrons. The van der Waals surface area contributed by atoms with Crippen molar-refractivity contribution < 1.29 is 5.11 Å². The van der Waals surface area contributed by atoms with Crippen LogP contribution in [0.4, 0.5) is 5.82 Å². The van der Waals surface area contributed by atoms with Gasteiger partial charge in [-0.1, -0.05) is 0 Å². The molecule has 3 N–H and O–H groups in total. The predicted molar refractivity (Wildman–Crippen MR) is 65.6 cm³/mol. The third-order valence-corrected chi connectivity index (χ3v) is 4.66. The molecule has 2 aromatic rings. The molecular formula is C12H15N5O. The van der Waals surface area contributed by atoms with E-state index in [1.54, 1.807) is 0 Å². The first-order valence-corrected chi connectivity index (χ1v) is 6.26. The molecule has 0 unspecified atom stereocenters. The third kappa shape index (κ3) is 1.13. The van der Waals surface area contributed by atoms with Crippen LogP contribution in [0.3, 0.4) is 0 Å². The number of aliphatic hydroxyl groups excluding tert-OH is 1. The average molecular weight is 245 g/mol. The van der Waals surface area contributed by atoms with Gasteiger partial charge in [-0.3, -0.25) is 0 Å². The molecule has 6 nitrogen and oxygen atoms in total. The quantitative estimate of drug-likeness (QED) is 0.814. The van der Waals surface area contributed by atoms with E-state index in [0.717, 1.165) is 24.9 Å². The summed E-state index contributed by atoms with van der Waals surface area (Å²) >= 11 is 0. The number of imidazole rings is 1. The Morgan fingerprint density at radius 2 is 2.17 bits per heavy atom. The number of aromatic nitrogens is 4. The van der Waals surface area contributed by atoms with Crippen molar-refractivity contribution in [1.29, 1.82) is 0 Å². The van der Waals surface area contributed by atoms with Gasteiger partial charge >= 0.3 is 0 Å². The zero-order valence-corrected chi connectivity index (χ0v) is 9.95. The number of nitrogens with zero attached hydrogens (tertiary/aromatic N) is 4. The summed E-state index contributed by atoms with van der Waals surface area (Å²) < 4.78 is 2.11. The van der Waals surface area contributed by atoms with Crippen LogP contribution in [-0.2, 0) is 0 Å². The van der Waals surface area contributed by atoms with Gasteiger partial charge < -0.3 is 15.4 Å². The van der Waals surface area contributed by atoms with E-state index < -0.39 is 0 Å². The molecule has 18 heavy (non-hydrogen) atoms. The highest BCUT2D eigenvalue weighted by atomic mass is 16.3. The smallest absolute Gasteiger partial charge is 0.165 e. The Hall–Kier alpha value is -1.69. The summed E-state index contributed by atoms with van der Waals surface area (Å²) in [5, 5.41) is 9.47. The van der Waals surface area contributed by atoms with E-state index in [4.69, 9.17) is 5.73 Å². The molecule has 0 spiro atoms. The molecule has 0 aliphatic heterocycles. The van der Waals surface area contributed by atoms with Gasteiger partial charge in [-0.15, -0.1) is 0 Å². The lowest BCUT2D eigenvalue weighted by molar-refractivity contribution is 0.0547. The second-order valence-corrected chi connectivity index (χ2v) is 5.68. The number of hydrogen-bond acceptors (Lipinski definition) is 5. The van der Waals surface area contributed by atoms with Gasteiger partial charge in [-0.05, 0) is 30.6 Å². The van der Waals surface area contributed by atoms with E-state index in [1.165, 1.54) is 6.33 Å². The van der Waals surface area contributed by atoms with Gasteiger partial charge in [0.15, 0.2) is 11.5 Å². The minimum Gasteiger partial charge on any atom is -0.396 e. The Kier molecular flexibility index (Phi) is 1.82. The van der Waals surface area contributed by atoms with Gasteiger partial charge in [0, 0.05) is 12.6 Å². The lowest BCUT2D eigenvalue weighted by Crippen LogP contribution is -2.31. The number of fused-ring (bicyclic) bond motifs is 2. The number of aliphatic hydroxyl groups is 1. The van der Waals surface area contributed by atoms with Crippen LogP contribution in [0.15, 0.2) is 12.7 Å². The summed E-state index contributed by atoms with van der Waals surface area (Å²) in [5.41, 5.74) is 7.45. The Bertz CT molecular complexity index is 616. The van der Waals surface area contributed by atoms with Crippen LogP contribution in [0.5, 0.6) is 0 Å². The fourth-order valence-electron chi connectivity index (χ4n) is 3.73. The molecule has 0 aromatic carbocycles. The van der Waals surface area contributed by atoms with E-state index in [9.17, 15) is 5.11 Å². The fourth-order valence-corrected chi connectivity index (χ4v) is 3.73. The minimum absolute atomic E-state index is 0.157. The van der Waals surface area contributed by atoms with E-state index in [2.05, 4.69) is 19.5 Å². The molecule has 5 rings (SSSR count). The van der Waals surface area contributed by atoms with E-state index >= 15 is 0 Å². The molecule has 2 heterocycles. The van der Waals surface area contributed by atoms with Gasteiger partial charge in [0.25, 0.3) is 0 Å². The highest BCUT2D eigenvalue weighted by molar-refractivity contribution is 5.81. The lowest BCUT2D eigenvalue weighted by Gasteiger charge is -2.36. The monoisotopic (exact) mass is 245 g/mol. The number of nitrogen functional groups attached to an aromatic ring is 1. The van der Waals surface area contributed by atoms with Gasteiger partial charge in [0.2, 0.25) is 0 Å². The first kappa shape index (κ1) is 10.3. The van der Waals surface area contributed by atoms with Crippen LogP contribution in [0, 0.1) is 11.3 Å². The van der Waals surface area contributed by atoms with Gasteiger partial charge in [0.1, 0.15) is 11.8 Å². The normalized spacial score (nSPS) is 33.8. The summed E-state index contributed by atoms with van der Waals surface area (Å²) in [6, 6.07) is 0.399. The Morgan fingerprint density at radius 3 is 2.89 bits per heavy atom. The maximum absolute atomic E-state index is 9.47. The molecule has 3 saturated carbocycles. The van der Waals surface area contributed by atoms with Crippen molar-refractivity contribution in [1.82, 2.24) is 19.5 Å². The van der Waals surface area contributed by atoms with Crippen molar-refractivity contribution in [3.63, 3.8) is 0 Å². The molecular weight excluding hydrogens is 230 g/mol. The number of nitrogens with two attached hydrogens (primary N) is 1. The Labute approximate surface area is 104 Å². The Morgan fingerprint density at radius 1 is 1.33 bits per heavy atom. The highest BCUT2D eigenvalue weighted by Gasteiger charge is 2.56. The molecule has 3 aliphatic carbocycles. The predicted octanol–water partition coefficient (Wildman–Crippen LogP) is 0.742. The lowest BCUT2D eigenvalue weighted by atomic mass is 9.70. The minimum atomic E-state index is 0.157. The molecule has 1 atom stereocenters. The van der Waals surface area contributed by atoms with Crippen LogP contribution >= 0.6 is 0 Å². The Balaban J connectivity index is 1.79. The van der Waals surface area contributed by atoms with Gasteiger partial charge in [-0.2, -0.15) is 0 Å². The van der Waals surface area contributed by atoms with Crippen LogP contribution in [-0.4, -0.2) is 31.2 Å². The van der Waals surface area contributed by atoms with Crippen LogP contribution in [0.25, 0.3) is 11.2 Å². The summed E-state index contributed by atoms with van der Waals surface area (Å²) in [6.45, 7) is 0.295. The zero-order valence-electron chi connectivity index (χ0n) is 9.95. The summed E-state index contributed by atoms with van der Waals surface area (Å²) in [4.78, 5) is 12.6. The first-order chi connectivity index (χ1) is 8.72. The standard InChI is InChI=1S/C12H15N5O/c13-10-9-11(15-5-14-10)17(6-16-9)8-3-12(4-18)1-7(8)2-12/h5-8,18H,1-4H2,(H2,13,14,15)/t7?,8-,12?/m0/s1. The maximum atomic E-state index is 9.47. The molecule has 0 amide bonds. The average Bonchev–Trinajstić information content (AvgIpc) is 2.97. The zero-order chi connectivity index (χ0) is 12.3. The molecule has 3 fully saturated rings. The number of anilines is 1. The molecule has 2 bridgehead atoms. The van der Waals surface area contributed by atoms with Crippen molar-refractivity contribution in [2.24, 2.45) is 11.3 Å². The molecule has 2 aromatic heterocycles. The first-order valence-electron chi connectivity index (χ1n) is 6.26. The third-order valence-electron chi connectivity index (χ3n) is 4.66. The summed E-state index contributed by atoms with van der Waals surface area (Å²) in [7, 11) is 0. The highest BCUT2D eigenvalue weighted by Crippen LogP contribution is 2.63. The van der Waals surface area contributed by atoms with Crippen molar-refractivity contribution in [2.75, 3.05) is 12.3 Å². The van der Waals surface area contributed by atoms with Crippen LogP contribution < -0.4 is 5.73 Å². The second kappa shape index (κ2) is 3.20. The number of hydrogen-bond donors (Lipinski definition) is 2. The second-order valence-electron chi connectivity index (χ2n) is 5.68. The largest absolute Gasteiger partial charge is 0.396 e. The van der Waals surface area contributed by atoms with Crippen molar-refractivity contribution in [3.05, 3.63) is 12.7 Å². The van der Waals surface area contributed by atoms with Crippen molar-refractivity contribution >= 4 is 17.0 Å². The number of rotatable bonds is 2. The van der Waals surface area contributed by atoms with Gasteiger partial charge in [0.05, 0.1) is 6.33 Å². The molecule has 3 aliphatic rings. The molecule has 94 valence electrons. The topological polar surface area (TPSA) is 89.9 Å². The maximum Gasteiger partial charge on any atom is 0.165 e.